The second kappa shape index (κ2) is 5.18. The van der Waals surface area contributed by atoms with Gasteiger partial charge >= 0.3 is 0 Å². The summed E-state index contributed by atoms with van der Waals surface area (Å²) in [7, 11) is 3.76. The fourth-order valence-corrected chi connectivity index (χ4v) is 2.45. The molecule has 0 saturated heterocycles. The van der Waals surface area contributed by atoms with Gasteiger partial charge in [0.05, 0.1) is 5.02 Å². The monoisotopic (exact) mass is 300 g/mol. The van der Waals surface area contributed by atoms with Gasteiger partial charge in [-0.25, -0.2) is 9.97 Å². The maximum absolute atomic E-state index is 11.1. The van der Waals surface area contributed by atoms with Crippen molar-refractivity contribution in [2.24, 2.45) is 0 Å². The van der Waals surface area contributed by atoms with Crippen LogP contribution >= 0.6 is 11.6 Å². The molecule has 6 heteroatoms. The second-order valence-corrected chi connectivity index (χ2v) is 5.31. The van der Waals surface area contributed by atoms with Gasteiger partial charge in [0.2, 0.25) is 5.95 Å². The van der Waals surface area contributed by atoms with Gasteiger partial charge in [-0.1, -0.05) is 11.6 Å². The molecule has 106 valence electrons. The summed E-state index contributed by atoms with van der Waals surface area (Å²) in [5.41, 5.74) is 3.05. The molecule has 0 aliphatic rings. The minimum atomic E-state index is 0.586. The first-order valence-electron chi connectivity index (χ1n) is 6.35. The van der Waals surface area contributed by atoms with Gasteiger partial charge in [-0.2, -0.15) is 0 Å². The number of rotatable bonds is 3. The largest absolute Gasteiger partial charge is 0.360 e. The van der Waals surface area contributed by atoms with Gasteiger partial charge in [0.1, 0.15) is 0 Å². The van der Waals surface area contributed by atoms with Gasteiger partial charge in [0, 0.05) is 60.3 Å². The third-order valence-electron chi connectivity index (χ3n) is 3.28. The number of hydrogen-bond acceptors (Lipinski definition) is 4. The Kier molecular flexibility index (Phi) is 3.35. The fourth-order valence-electron chi connectivity index (χ4n) is 2.17. The smallest absolute Gasteiger partial charge is 0.224 e. The molecule has 21 heavy (non-hydrogen) atoms. The zero-order valence-corrected chi connectivity index (χ0v) is 12.3. The Hall–Kier alpha value is -2.40. The Morgan fingerprint density at radius 3 is 2.57 bits per heavy atom. The molecule has 1 aromatic carbocycles. The number of halogens is 1. The number of aldehydes is 1. The van der Waals surface area contributed by atoms with E-state index in [1.165, 1.54) is 0 Å². The number of nitrogens with one attached hydrogen (secondary N) is 1. The van der Waals surface area contributed by atoms with E-state index in [1.807, 2.05) is 25.1 Å². The lowest BCUT2D eigenvalue weighted by molar-refractivity contribution is 0.112. The summed E-state index contributed by atoms with van der Waals surface area (Å²) in [5.74, 6) is 0.631. The van der Waals surface area contributed by atoms with E-state index in [0.29, 0.717) is 16.5 Å². The molecule has 3 aromatic rings. The molecule has 5 nitrogen and oxygen atoms in total. The van der Waals surface area contributed by atoms with E-state index >= 15 is 0 Å². The first-order valence-corrected chi connectivity index (χ1v) is 6.73. The van der Waals surface area contributed by atoms with Crippen molar-refractivity contribution >= 4 is 34.7 Å². The van der Waals surface area contributed by atoms with E-state index in [9.17, 15) is 4.79 Å². The van der Waals surface area contributed by atoms with Crippen molar-refractivity contribution in [2.45, 2.75) is 0 Å². The minimum Gasteiger partial charge on any atom is -0.360 e. The molecular formula is C15H13ClN4O. The van der Waals surface area contributed by atoms with Crippen LogP contribution in [0, 0.1) is 0 Å². The van der Waals surface area contributed by atoms with Crippen molar-refractivity contribution in [3.63, 3.8) is 0 Å². The molecule has 0 spiro atoms. The maximum Gasteiger partial charge on any atom is 0.224 e. The average Bonchev–Trinajstić information content (AvgIpc) is 2.88. The number of carbonyl (C=O) groups excluding carboxylic acids is 1. The van der Waals surface area contributed by atoms with Crippen LogP contribution < -0.4 is 4.90 Å². The summed E-state index contributed by atoms with van der Waals surface area (Å²) < 4.78 is 0. The predicted octanol–water partition coefficient (Wildman–Crippen LogP) is 3.16. The van der Waals surface area contributed by atoms with Crippen LogP contribution in [-0.4, -0.2) is 35.3 Å². The summed E-state index contributed by atoms with van der Waals surface area (Å²) >= 11 is 6.32. The third kappa shape index (κ3) is 2.36. The van der Waals surface area contributed by atoms with Crippen LogP contribution in [0.2, 0.25) is 5.02 Å². The van der Waals surface area contributed by atoms with Crippen molar-refractivity contribution in [1.82, 2.24) is 15.0 Å². The van der Waals surface area contributed by atoms with Crippen LogP contribution in [0.1, 0.15) is 10.4 Å². The Bertz CT molecular complexity index is 808. The van der Waals surface area contributed by atoms with E-state index in [0.717, 1.165) is 28.3 Å². The summed E-state index contributed by atoms with van der Waals surface area (Å²) in [5, 5.41) is 1.42. The SMILES string of the molecule is CN(C)c1ncc(-c2cc3c(C=O)c[nH]c3cc2Cl)cn1. The van der Waals surface area contributed by atoms with Crippen molar-refractivity contribution in [2.75, 3.05) is 19.0 Å². The first kappa shape index (κ1) is 13.6. The van der Waals surface area contributed by atoms with Crippen molar-refractivity contribution < 1.29 is 4.79 Å². The number of aromatic amines is 1. The van der Waals surface area contributed by atoms with Crippen LogP contribution in [0.25, 0.3) is 22.0 Å². The number of nitrogens with zero attached hydrogens (tertiary/aromatic N) is 3. The molecule has 0 radical (unpaired) electrons. The first-order chi connectivity index (χ1) is 10.1. The number of aromatic nitrogens is 3. The zero-order valence-electron chi connectivity index (χ0n) is 11.6. The molecule has 0 bridgehead atoms. The topological polar surface area (TPSA) is 61.9 Å². The number of fused-ring (bicyclic) bond motifs is 1. The molecule has 0 atom stereocenters. The van der Waals surface area contributed by atoms with Gasteiger partial charge in [-0.15, -0.1) is 0 Å². The maximum atomic E-state index is 11.1. The van der Waals surface area contributed by atoms with E-state index in [1.54, 1.807) is 24.7 Å². The minimum absolute atomic E-state index is 0.586. The molecule has 0 saturated carbocycles. The molecule has 1 N–H and O–H groups in total. The van der Waals surface area contributed by atoms with Gasteiger partial charge in [0.15, 0.2) is 6.29 Å². The summed E-state index contributed by atoms with van der Waals surface area (Å²) in [6.07, 6.45) is 5.94. The summed E-state index contributed by atoms with van der Waals surface area (Å²) in [6.45, 7) is 0. The van der Waals surface area contributed by atoms with E-state index < -0.39 is 0 Å². The molecular weight excluding hydrogens is 288 g/mol. The van der Waals surface area contributed by atoms with Gasteiger partial charge in [0.25, 0.3) is 0 Å². The predicted molar refractivity (Wildman–Crippen MR) is 84.0 cm³/mol. The summed E-state index contributed by atoms with van der Waals surface area (Å²) in [4.78, 5) is 24.5. The standard InChI is InChI=1S/C15H13ClN4O/c1-20(2)15-18-5-9(6-19-15)11-3-12-10(8-21)7-17-14(12)4-13(11)16/h3-8,17H,1-2H3. The lowest BCUT2D eigenvalue weighted by atomic mass is 10.1. The van der Waals surface area contributed by atoms with Gasteiger partial charge in [-0.05, 0) is 12.1 Å². The lowest BCUT2D eigenvalue weighted by Gasteiger charge is -2.10. The molecule has 0 fully saturated rings. The summed E-state index contributed by atoms with van der Waals surface area (Å²) in [6, 6.07) is 3.69. The Labute approximate surface area is 126 Å². The lowest BCUT2D eigenvalue weighted by Crippen LogP contribution is -2.12. The average molecular weight is 301 g/mol. The number of anilines is 1. The van der Waals surface area contributed by atoms with Crippen LogP contribution in [0.3, 0.4) is 0 Å². The van der Waals surface area contributed by atoms with Crippen molar-refractivity contribution in [1.29, 1.82) is 0 Å². The second-order valence-electron chi connectivity index (χ2n) is 4.91. The van der Waals surface area contributed by atoms with E-state index in [4.69, 9.17) is 11.6 Å². The van der Waals surface area contributed by atoms with E-state index in [2.05, 4.69) is 15.0 Å². The Balaban J connectivity index is 2.14. The molecule has 0 aliphatic carbocycles. The molecule has 0 aliphatic heterocycles. The number of carbonyl (C=O) groups is 1. The molecule has 2 aromatic heterocycles. The van der Waals surface area contributed by atoms with Crippen LogP contribution in [0.5, 0.6) is 0 Å². The Morgan fingerprint density at radius 2 is 1.95 bits per heavy atom. The third-order valence-corrected chi connectivity index (χ3v) is 3.59. The normalized spacial score (nSPS) is 10.8. The number of hydrogen-bond donors (Lipinski definition) is 1. The van der Waals surface area contributed by atoms with Crippen LogP contribution in [0.15, 0.2) is 30.7 Å². The van der Waals surface area contributed by atoms with Crippen LogP contribution in [0.4, 0.5) is 5.95 Å². The van der Waals surface area contributed by atoms with Crippen LogP contribution in [-0.2, 0) is 0 Å². The zero-order chi connectivity index (χ0) is 15.0. The van der Waals surface area contributed by atoms with E-state index in [-0.39, 0.29) is 0 Å². The highest BCUT2D eigenvalue weighted by Gasteiger charge is 2.11. The highest BCUT2D eigenvalue weighted by molar-refractivity contribution is 6.34. The molecule has 0 unspecified atom stereocenters. The molecule has 2 heterocycles. The molecule has 0 amide bonds. The van der Waals surface area contributed by atoms with Crippen molar-refractivity contribution in [3.05, 3.63) is 41.3 Å². The number of H-pyrrole nitrogens is 1. The highest BCUT2D eigenvalue weighted by atomic mass is 35.5. The fraction of sp³-hybridized carbons (Fsp3) is 0.133. The molecule has 3 rings (SSSR count). The van der Waals surface area contributed by atoms with Gasteiger partial charge in [-0.3, -0.25) is 4.79 Å². The Morgan fingerprint density at radius 1 is 1.24 bits per heavy atom. The quantitative estimate of drug-likeness (QED) is 0.755. The number of benzene rings is 1. The van der Waals surface area contributed by atoms with Gasteiger partial charge < -0.3 is 9.88 Å². The van der Waals surface area contributed by atoms with Crippen molar-refractivity contribution in [3.8, 4) is 11.1 Å². The highest BCUT2D eigenvalue weighted by Crippen LogP contribution is 2.32.